The van der Waals surface area contributed by atoms with Gasteiger partial charge >= 0.3 is 6.03 Å². The molecule has 146 valence electrons. The molecule has 1 atom stereocenters. The summed E-state index contributed by atoms with van der Waals surface area (Å²) in [6, 6.07) is 9.27. The Bertz CT molecular complexity index is 866. The predicted molar refractivity (Wildman–Crippen MR) is 104 cm³/mol. The maximum Gasteiger partial charge on any atom is 0.324 e. The minimum Gasteiger partial charge on any atom is -0.345 e. The van der Waals surface area contributed by atoms with E-state index in [0.29, 0.717) is 6.42 Å². The zero-order valence-corrected chi connectivity index (χ0v) is 16.1. The van der Waals surface area contributed by atoms with Crippen molar-refractivity contribution in [3.63, 3.8) is 0 Å². The zero-order chi connectivity index (χ0) is 20.1. The van der Waals surface area contributed by atoms with Gasteiger partial charge in [0.1, 0.15) is 0 Å². The molecule has 0 spiro atoms. The van der Waals surface area contributed by atoms with E-state index in [2.05, 4.69) is 21.7 Å². The number of urea groups is 1. The number of amides is 4. The highest BCUT2D eigenvalue weighted by Crippen LogP contribution is 2.26. The van der Waals surface area contributed by atoms with Crippen LogP contribution in [-0.2, 0) is 9.59 Å². The Morgan fingerprint density at radius 2 is 1.96 bits per heavy atom. The second kappa shape index (κ2) is 8.65. The minimum atomic E-state index is -0.393. The smallest absolute Gasteiger partial charge is 0.324 e. The average molecular weight is 380 g/mol. The molecule has 3 rings (SSSR count). The van der Waals surface area contributed by atoms with E-state index in [1.165, 1.54) is 0 Å². The first kappa shape index (κ1) is 19.5. The predicted octanol–water partition coefficient (Wildman–Crippen LogP) is 2.24. The number of pyridine rings is 1. The van der Waals surface area contributed by atoms with Crippen molar-refractivity contribution in [2.75, 3.05) is 13.1 Å². The van der Waals surface area contributed by atoms with Crippen LogP contribution < -0.4 is 10.6 Å². The summed E-state index contributed by atoms with van der Waals surface area (Å²) in [4.78, 5) is 41.0. The fourth-order valence-corrected chi connectivity index (χ4v) is 3.28. The lowest BCUT2D eigenvalue weighted by Crippen LogP contribution is -2.34. The lowest BCUT2D eigenvalue weighted by Gasteiger charge is -2.22. The Morgan fingerprint density at radius 1 is 1.21 bits per heavy atom. The highest BCUT2D eigenvalue weighted by atomic mass is 16.2. The molecule has 2 heterocycles. The van der Waals surface area contributed by atoms with Crippen LogP contribution in [0.2, 0.25) is 0 Å². The van der Waals surface area contributed by atoms with Crippen molar-refractivity contribution in [1.82, 2.24) is 20.5 Å². The quantitative estimate of drug-likeness (QED) is 0.721. The van der Waals surface area contributed by atoms with Gasteiger partial charge in [0, 0.05) is 25.4 Å². The van der Waals surface area contributed by atoms with Crippen molar-refractivity contribution in [3.8, 4) is 0 Å². The molecule has 1 aliphatic heterocycles. The van der Waals surface area contributed by atoms with E-state index in [9.17, 15) is 14.4 Å². The molecule has 4 amide bonds. The fraction of sp³-hybridized carbons (Fsp3) is 0.333. The molecule has 1 aromatic carbocycles. The van der Waals surface area contributed by atoms with Crippen LogP contribution in [0.3, 0.4) is 0 Å². The number of nitrogens with one attached hydrogen (secondary N) is 2. The molecule has 2 aromatic rings. The molecular weight excluding hydrogens is 356 g/mol. The second-order valence-corrected chi connectivity index (χ2v) is 6.95. The first-order valence-electron chi connectivity index (χ1n) is 9.30. The average Bonchev–Trinajstić information content (AvgIpc) is 3.01. The maximum absolute atomic E-state index is 12.6. The van der Waals surface area contributed by atoms with E-state index in [1.807, 2.05) is 38.1 Å². The number of carbonyl (C=O) groups is 3. The summed E-state index contributed by atoms with van der Waals surface area (Å²) in [6.07, 6.45) is 4.05. The summed E-state index contributed by atoms with van der Waals surface area (Å²) in [5.74, 6) is -0.384. The molecule has 0 aliphatic carbocycles. The van der Waals surface area contributed by atoms with Gasteiger partial charge in [0.25, 0.3) is 0 Å². The van der Waals surface area contributed by atoms with Crippen LogP contribution in [0.5, 0.6) is 0 Å². The number of carbonyl (C=O) groups excluding carboxylic acids is 3. The standard InChI is InChI=1S/C21H24N4O3/c1-14-5-6-15(2)17(12-14)20(16-7-9-22-10-8-16)24-18(26)4-3-11-25-19(27)13-23-21(25)28/h5-10,12,20H,3-4,11,13H2,1-2H3,(H,23,28)(H,24,26). The Labute approximate surface area is 164 Å². The minimum absolute atomic E-state index is 0.0295. The number of hydrogen-bond donors (Lipinski definition) is 2. The van der Waals surface area contributed by atoms with Crippen molar-refractivity contribution < 1.29 is 14.4 Å². The summed E-state index contributed by atoms with van der Waals surface area (Å²) in [7, 11) is 0. The largest absolute Gasteiger partial charge is 0.345 e. The topological polar surface area (TPSA) is 91.4 Å². The third-order valence-electron chi connectivity index (χ3n) is 4.81. The monoisotopic (exact) mass is 380 g/mol. The van der Waals surface area contributed by atoms with E-state index in [-0.39, 0.29) is 37.4 Å². The Hall–Kier alpha value is -3.22. The van der Waals surface area contributed by atoms with Crippen LogP contribution in [0, 0.1) is 13.8 Å². The molecule has 1 aromatic heterocycles. The summed E-state index contributed by atoms with van der Waals surface area (Å²) in [5, 5.41) is 5.57. The Kier molecular flexibility index (Phi) is 6.03. The second-order valence-electron chi connectivity index (χ2n) is 6.95. The Morgan fingerprint density at radius 3 is 2.64 bits per heavy atom. The highest BCUT2D eigenvalue weighted by Gasteiger charge is 2.28. The van der Waals surface area contributed by atoms with Gasteiger partial charge in [-0.3, -0.25) is 19.5 Å². The SMILES string of the molecule is Cc1ccc(C)c(C(NC(=O)CCCN2C(=O)CNC2=O)c2ccncc2)c1. The van der Waals surface area contributed by atoms with Crippen molar-refractivity contribution in [2.45, 2.75) is 32.7 Å². The van der Waals surface area contributed by atoms with Gasteiger partial charge in [0.2, 0.25) is 11.8 Å². The van der Waals surface area contributed by atoms with Crippen molar-refractivity contribution in [3.05, 3.63) is 65.0 Å². The van der Waals surface area contributed by atoms with Gasteiger partial charge in [0.05, 0.1) is 12.6 Å². The van der Waals surface area contributed by atoms with Crippen LogP contribution in [-0.4, -0.2) is 40.8 Å². The first-order chi connectivity index (χ1) is 13.5. The van der Waals surface area contributed by atoms with E-state index < -0.39 is 6.03 Å². The number of imide groups is 1. The van der Waals surface area contributed by atoms with Crippen LogP contribution >= 0.6 is 0 Å². The van der Waals surface area contributed by atoms with Gasteiger partial charge < -0.3 is 10.6 Å². The Balaban J connectivity index is 1.69. The lowest BCUT2D eigenvalue weighted by atomic mass is 9.94. The number of benzene rings is 1. The molecule has 0 bridgehead atoms. The van der Waals surface area contributed by atoms with E-state index in [1.54, 1.807) is 12.4 Å². The number of nitrogens with zero attached hydrogens (tertiary/aromatic N) is 2. The van der Waals surface area contributed by atoms with E-state index in [4.69, 9.17) is 0 Å². The van der Waals surface area contributed by atoms with Crippen LogP contribution in [0.4, 0.5) is 4.79 Å². The summed E-state index contributed by atoms with van der Waals surface area (Å²) >= 11 is 0. The molecule has 7 nitrogen and oxygen atoms in total. The van der Waals surface area contributed by atoms with Gasteiger partial charge in [-0.2, -0.15) is 0 Å². The van der Waals surface area contributed by atoms with Crippen molar-refractivity contribution in [2.24, 2.45) is 0 Å². The van der Waals surface area contributed by atoms with Gasteiger partial charge in [-0.1, -0.05) is 23.8 Å². The summed E-state index contributed by atoms with van der Waals surface area (Å²) < 4.78 is 0. The van der Waals surface area contributed by atoms with Crippen LogP contribution in [0.25, 0.3) is 0 Å². The number of hydrogen-bond acceptors (Lipinski definition) is 4. The number of rotatable bonds is 7. The molecule has 1 aliphatic rings. The molecule has 0 saturated carbocycles. The van der Waals surface area contributed by atoms with Crippen molar-refractivity contribution in [1.29, 1.82) is 0 Å². The molecule has 1 unspecified atom stereocenters. The summed E-state index contributed by atoms with van der Waals surface area (Å²) in [6.45, 7) is 4.31. The molecule has 0 radical (unpaired) electrons. The molecule has 1 fully saturated rings. The van der Waals surface area contributed by atoms with Gasteiger partial charge in [-0.05, 0) is 49.1 Å². The maximum atomic E-state index is 12.6. The number of aryl methyl sites for hydroxylation is 2. The molecule has 2 N–H and O–H groups in total. The number of aromatic nitrogens is 1. The molecule has 28 heavy (non-hydrogen) atoms. The molecular formula is C21H24N4O3. The van der Waals surface area contributed by atoms with Crippen LogP contribution in [0.1, 0.15) is 41.1 Å². The third kappa shape index (κ3) is 4.54. The van der Waals surface area contributed by atoms with Crippen LogP contribution in [0.15, 0.2) is 42.7 Å². The van der Waals surface area contributed by atoms with E-state index in [0.717, 1.165) is 27.2 Å². The van der Waals surface area contributed by atoms with E-state index >= 15 is 0 Å². The van der Waals surface area contributed by atoms with Gasteiger partial charge in [0.15, 0.2) is 0 Å². The summed E-state index contributed by atoms with van der Waals surface area (Å²) in [5.41, 5.74) is 4.19. The van der Waals surface area contributed by atoms with Gasteiger partial charge in [-0.25, -0.2) is 4.79 Å². The molecule has 7 heteroatoms. The first-order valence-corrected chi connectivity index (χ1v) is 9.30. The zero-order valence-electron chi connectivity index (χ0n) is 16.1. The fourth-order valence-electron chi connectivity index (χ4n) is 3.28. The normalized spacial score (nSPS) is 14.7. The van der Waals surface area contributed by atoms with Gasteiger partial charge in [-0.15, -0.1) is 0 Å². The van der Waals surface area contributed by atoms with Crippen molar-refractivity contribution >= 4 is 17.8 Å². The lowest BCUT2D eigenvalue weighted by molar-refractivity contribution is -0.126. The highest BCUT2D eigenvalue weighted by molar-refractivity contribution is 6.01. The molecule has 1 saturated heterocycles. The third-order valence-corrected chi connectivity index (χ3v) is 4.81.